The van der Waals surface area contributed by atoms with Gasteiger partial charge in [-0.05, 0) is 99.7 Å². The van der Waals surface area contributed by atoms with Gasteiger partial charge in [-0.15, -0.1) is 0 Å². The molecule has 52 heavy (non-hydrogen) atoms. The molecule has 0 aliphatic heterocycles. The first kappa shape index (κ1) is 38.0. The lowest BCUT2D eigenvalue weighted by atomic mass is 9.86. The molecule has 0 aromatic heterocycles. The number of aryl methyl sites for hydroxylation is 1. The molecule has 268 valence electrons. The Kier molecular flexibility index (Phi) is 11.7. The van der Waals surface area contributed by atoms with E-state index in [1.54, 1.807) is 49.4 Å². The number of aldehydes is 1. The molecule has 0 saturated carbocycles. The van der Waals surface area contributed by atoms with Crippen LogP contribution in [0.2, 0.25) is 5.02 Å². The molecular formula is C43H40ClF3N2O3. The predicted molar refractivity (Wildman–Crippen MR) is 202 cm³/mol. The first-order chi connectivity index (χ1) is 24.6. The van der Waals surface area contributed by atoms with E-state index in [1.807, 2.05) is 24.3 Å². The van der Waals surface area contributed by atoms with Crippen molar-refractivity contribution in [3.8, 4) is 22.3 Å². The lowest BCUT2D eigenvalue weighted by Gasteiger charge is -2.21. The highest BCUT2D eigenvalue weighted by Crippen LogP contribution is 2.40. The third kappa shape index (κ3) is 9.36. The first-order valence-corrected chi connectivity index (χ1v) is 17.3. The van der Waals surface area contributed by atoms with Crippen LogP contribution in [-0.4, -0.2) is 24.6 Å². The second-order valence-corrected chi connectivity index (χ2v) is 14.3. The fourth-order valence-corrected chi connectivity index (χ4v) is 6.28. The summed E-state index contributed by atoms with van der Waals surface area (Å²) >= 11 is 6.06. The van der Waals surface area contributed by atoms with Crippen molar-refractivity contribution in [1.82, 2.24) is 5.32 Å². The van der Waals surface area contributed by atoms with Crippen molar-refractivity contribution < 1.29 is 27.6 Å². The van der Waals surface area contributed by atoms with Crippen molar-refractivity contribution in [2.75, 3.05) is 11.9 Å². The minimum absolute atomic E-state index is 0.00981. The zero-order chi connectivity index (χ0) is 37.6. The molecule has 2 N–H and O–H groups in total. The summed E-state index contributed by atoms with van der Waals surface area (Å²) in [5, 5.41) is 5.84. The van der Waals surface area contributed by atoms with Crippen molar-refractivity contribution in [3.63, 3.8) is 0 Å². The quantitative estimate of drug-likeness (QED) is 0.105. The average molecular weight is 725 g/mol. The smallest absolute Gasteiger partial charge is 0.352 e. The predicted octanol–water partition coefficient (Wildman–Crippen LogP) is 10.6. The van der Waals surface area contributed by atoms with E-state index in [0.717, 1.165) is 29.0 Å². The van der Waals surface area contributed by atoms with Crippen molar-refractivity contribution in [1.29, 1.82) is 0 Å². The number of carbonyl (C=O) groups is 3. The molecule has 0 aliphatic rings. The van der Waals surface area contributed by atoms with Crippen LogP contribution < -0.4 is 10.6 Å². The Balaban J connectivity index is 1.45. The van der Waals surface area contributed by atoms with Crippen LogP contribution >= 0.6 is 11.6 Å². The summed E-state index contributed by atoms with van der Waals surface area (Å²) < 4.78 is 43.3. The zero-order valence-corrected chi connectivity index (χ0v) is 30.2. The summed E-state index contributed by atoms with van der Waals surface area (Å²) in [6.45, 7) is 8.37. The maximum atomic E-state index is 14.4. The molecule has 5 rings (SSSR count). The van der Waals surface area contributed by atoms with Gasteiger partial charge in [0.25, 0.3) is 5.91 Å². The third-order valence-electron chi connectivity index (χ3n) is 8.99. The summed E-state index contributed by atoms with van der Waals surface area (Å²) in [6, 6.07) is 31.1. The van der Waals surface area contributed by atoms with Crippen molar-refractivity contribution in [3.05, 3.63) is 148 Å². The molecule has 5 aromatic carbocycles. The first-order valence-electron chi connectivity index (χ1n) is 16.9. The van der Waals surface area contributed by atoms with Crippen molar-refractivity contribution >= 4 is 35.4 Å². The number of hydrogen-bond acceptors (Lipinski definition) is 3. The molecule has 0 spiro atoms. The molecule has 0 saturated heterocycles. The Labute approximate surface area is 307 Å². The molecular weight excluding hydrogens is 685 g/mol. The maximum absolute atomic E-state index is 14.4. The maximum Gasteiger partial charge on any atom is 0.417 e. The van der Waals surface area contributed by atoms with E-state index in [-0.39, 0.29) is 42.0 Å². The van der Waals surface area contributed by atoms with Crippen LogP contribution in [0.1, 0.15) is 71.3 Å². The monoisotopic (exact) mass is 724 g/mol. The number of amides is 2. The average Bonchev–Trinajstić information content (AvgIpc) is 3.10. The van der Waals surface area contributed by atoms with Gasteiger partial charge in [-0.1, -0.05) is 105 Å². The van der Waals surface area contributed by atoms with E-state index in [4.69, 9.17) is 11.6 Å². The Morgan fingerprint density at radius 2 is 1.40 bits per heavy atom. The van der Waals surface area contributed by atoms with Crippen LogP contribution in [0.15, 0.2) is 109 Å². The molecule has 0 radical (unpaired) electrons. The van der Waals surface area contributed by atoms with E-state index in [9.17, 15) is 27.6 Å². The Bertz CT molecular complexity index is 2050. The largest absolute Gasteiger partial charge is 0.417 e. The van der Waals surface area contributed by atoms with E-state index in [2.05, 4.69) is 55.7 Å². The molecule has 0 bridgehead atoms. The molecule has 5 aromatic rings. The highest BCUT2D eigenvalue weighted by Gasteiger charge is 2.35. The van der Waals surface area contributed by atoms with Gasteiger partial charge in [0.15, 0.2) is 0 Å². The number of rotatable bonds is 11. The number of alkyl halides is 3. The Hall–Kier alpha value is -5.21. The summed E-state index contributed by atoms with van der Waals surface area (Å²) in [6.07, 6.45) is -3.55. The fourth-order valence-electron chi connectivity index (χ4n) is 6.06. The molecule has 0 aliphatic carbocycles. The molecule has 5 nitrogen and oxygen atoms in total. The van der Waals surface area contributed by atoms with Crippen LogP contribution in [0, 0.1) is 6.92 Å². The van der Waals surface area contributed by atoms with Crippen LogP contribution in [0.4, 0.5) is 18.9 Å². The molecule has 0 fully saturated rings. The van der Waals surface area contributed by atoms with Crippen LogP contribution in [-0.2, 0) is 27.6 Å². The van der Waals surface area contributed by atoms with Gasteiger partial charge >= 0.3 is 6.18 Å². The van der Waals surface area contributed by atoms with Gasteiger partial charge in [0.1, 0.15) is 6.29 Å². The number of hydrogen-bond donors (Lipinski definition) is 2. The zero-order valence-electron chi connectivity index (χ0n) is 29.4. The second kappa shape index (κ2) is 16.0. The van der Waals surface area contributed by atoms with E-state index in [1.165, 1.54) is 17.7 Å². The van der Waals surface area contributed by atoms with Crippen molar-refractivity contribution in [2.24, 2.45) is 0 Å². The minimum Gasteiger partial charge on any atom is -0.352 e. The second-order valence-electron chi connectivity index (χ2n) is 13.8. The van der Waals surface area contributed by atoms with Gasteiger partial charge in [-0.25, -0.2) is 0 Å². The molecule has 2 amide bonds. The van der Waals surface area contributed by atoms with Crippen LogP contribution in [0.3, 0.4) is 0 Å². The highest BCUT2D eigenvalue weighted by molar-refractivity contribution is 6.30. The third-order valence-corrected chi connectivity index (χ3v) is 9.22. The number of benzene rings is 5. The van der Waals surface area contributed by atoms with Crippen LogP contribution in [0.25, 0.3) is 22.3 Å². The summed E-state index contributed by atoms with van der Waals surface area (Å²) in [7, 11) is 0. The Morgan fingerprint density at radius 1 is 0.788 bits per heavy atom. The summed E-state index contributed by atoms with van der Waals surface area (Å²) in [5.41, 5.74) is 5.10. The number of nitrogens with one attached hydrogen (secondary N) is 2. The van der Waals surface area contributed by atoms with Gasteiger partial charge in [-0.3, -0.25) is 9.59 Å². The van der Waals surface area contributed by atoms with Gasteiger partial charge in [0.2, 0.25) is 5.91 Å². The molecule has 0 heterocycles. The SMILES string of the molecule is Cc1cc(Cl)ccc1-c1ccc(NC(=O)C(Cc2ccc(C(=O)NCCC=O)cc2)c2ccc(-c3ccc(C(C)(C)C)cc3)cc2)cc1C(F)(F)F. The number of carbonyl (C=O) groups excluding carboxylic acids is 3. The topological polar surface area (TPSA) is 75.3 Å². The van der Waals surface area contributed by atoms with Gasteiger partial charge in [-0.2, -0.15) is 13.2 Å². The van der Waals surface area contributed by atoms with E-state index < -0.39 is 23.6 Å². The van der Waals surface area contributed by atoms with Crippen LogP contribution in [0.5, 0.6) is 0 Å². The molecule has 9 heteroatoms. The highest BCUT2D eigenvalue weighted by atomic mass is 35.5. The summed E-state index contributed by atoms with van der Waals surface area (Å²) in [5.74, 6) is -1.59. The van der Waals surface area contributed by atoms with E-state index >= 15 is 0 Å². The number of halogens is 4. The minimum atomic E-state index is -4.69. The lowest BCUT2D eigenvalue weighted by molar-refractivity contribution is -0.137. The normalized spacial score (nSPS) is 12.2. The van der Waals surface area contributed by atoms with Gasteiger partial charge in [0, 0.05) is 29.2 Å². The standard InChI is InChI=1S/C43H40ClF3N2O3/c1-27-24-34(44)18-20-36(27)37-21-19-35(26-39(37)43(45,46)47)49-41(52)38(25-28-6-8-32(9-7-28)40(51)48-22-5-23-50)31-12-10-29(11-13-31)30-14-16-33(17-15-30)42(2,3)4/h6-21,23-24,26,38H,5,22,25H2,1-4H3,(H,48,51)(H,49,52). The number of anilines is 1. The lowest BCUT2D eigenvalue weighted by Crippen LogP contribution is -2.25. The Morgan fingerprint density at radius 3 is 1.98 bits per heavy atom. The van der Waals surface area contributed by atoms with Crippen molar-refractivity contribution in [2.45, 2.75) is 58.0 Å². The fraction of sp³-hybridized carbons (Fsp3) is 0.233. The van der Waals surface area contributed by atoms with Gasteiger partial charge < -0.3 is 15.4 Å². The van der Waals surface area contributed by atoms with E-state index in [0.29, 0.717) is 27.3 Å². The molecule has 1 atom stereocenters. The molecule has 1 unspecified atom stereocenters. The van der Waals surface area contributed by atoms with Gasteiger partial charge in [0.05, 0.1) is 11.5 Å². The summed E-state index contributed by atoms with van der Waals surface area (Å²) in [4.78, 5) is 37.1.